The van der Waals surface area contributed by atoms with E-state index in [2.05, 4.69) is 0 Å². The molecule has 6 heteroatoms. The molecular weight excluding hydrogens is 338 g/mol. The van der Waals surface area contributed by atoms with Gasteiger partial charge >= 0.3 is 5.97 Å². The fraction of sp³-hybridized carbons (Fsp3) is 0.158. The molecule has 0 saturated heterocycles. The highest BCUT2D eigenvalue weighted by atomic mass is 32.2. The first kappa shape index (κ1) is 15.8. The van der Waals surface area contributed by atoms with Gasteiger partial charge in [0.2, 0.25) is 0 Å². The van der Waals surface area contributed by atoms with Crippen LogP contribution in [-0.2, 0) is 11.2 Å². The Bertz CT molecular complexity index is 1050. The predicted octanol–water partition coefficient (Wildman–Crippen LogP) is 3.03. The molecule has 25 heavy (non-hydrogen) atoms. The third-order valence-corrected chi connectivity index (χ3v) is 5.64. The summed E-state index contributed by atoms with van der Waals surface area (Å²) in [5.41, 5.74) is 1.14. The van der Waals surface area contributed by atoms with Crippen LogP contribution in [0.2, 0.25) is 0 Å². The van der Waals surface area contributed by atoms with Crippen LogP contribution in [0.1, 0.15) is 17.2 Å². The van der Waals surface area contributed by atoms with E-state index in [0.717, 1.165) is 16.3 Å². The van der Waals surface area contributed by atoms with Crippen LogP contribution in [0.5, 0.6) is 5.75 Å². The van der Waals surface area contributed by atoms with Crippen molar-refractivity contribution in [1.29, 1.82) is 0 Å². The van der Waals surface area contributed by atoms with E-state index in [-0.39, 0.29) is 17.1 Å². The molecule has 4 rings (SSSR count). The standard InChI is InChI=1S/C19H15NO4S/c21-16-9-13(17(22)18-20(16)15(10-25-18)19(23)24)8-12-6-3-5-11-4-1-2-7-14(11)12/h1-7,9,15,22H,8,10H2,(H,23,24)/t15-/m0/s1. The summed E-state index contributed by atoms with van der Waals surface area (Å²) in [5, 5.41) is 22.3. The maximum Gasteiger partial charge on any atom is 0.327 e. The number of aromatic nitrogens is 1. The van der Waals surface area contributed by atoms with E-state index in [0.29, 0.717) is 17.0 Å². The molecule has 0 unspecified atom stereocenters. The van der Waals surface area contributed by atoms with Crippen molar-refractivity contribution in [2.24, 2.45) is 0 Å². The lowest BCUT2D eigenvalue weighted by Crippen LogP contribution is -2.28. The van der Waals surface area contributed by atoms with Gasteiger partial charge in [-0.25, -0.2) is 4.79 Å². The molecule has 0 fully saturated rings. The fourth-order valence-corrected chi connectivity index (χ4v) is 4.50. The summed E-state index contributed by atoms with van der Waals surface area (Å²) in [6, 6.07) is 14.3. The Labute approximate surface area is 147 Å². The molecular formula is C19H15NO4S. The number of thioether (sulfide) groups is 1. The minimum atomic E-state index is -1.06. The first-order valence-corrected chi connectivity index (χ1v) is 8.84. The van der Waals surface area contributed by atoms with E-state index in [1.807, 2.05) is 42.5 Å². The van der Waals surface area contributed by atoms with Gasteiger partial charge in [0, 0.05) is 23.8 Å². The molecule has 126 valence electrons. The first-order valence-electron chi connectivity index (χ1n) is 7.86. The number of carbonyl (C=O) groups is 1. The fourth-order valence-electron chi connectivity index (χ4n) is 3.27. The lowest BCUT2D eigenvalue weighted by Gasteiger charge is -2.13. The summed E-state index contributed by atoms with van der Waals surface area (Å²) in [7, 11) is 0. The maximum absolute atomic E-state index is 12.4. The van der Waals surface area contributed by atoms with Gasteiger partial charge in [0.05, 0.1) is 0 Å². The number of rotatable bonds is 3. The van der Waals surface area contributed by atoms with Crippen molar-refractivity contribution in [2.75, 3.05) is 5.75 Å². The van der Waals surface area contributed by atoms with Crippen molar-refractivity contribution < 1.29 is 15.0 Å². The van der Waals surface area contributed by atoms with E-state index in [1.165, 1.54) is 22.4 Å². The number of carboxylic acids is 1. The number of hydrogen-bond donors (Lipinski definition) is 2. The minimum absolute atomic E-state index is 0.00119. The highest BCUT2D eigenvalue weighted by Gasteiger charge is 2.32. The quantitative estimate of drug-likeness (QED) is 0.757. The average Bonchev–Trinajstić information content (AvgIpc) is 3.06. The van der Waals surface area contributed by atoms with Crippen LogP contribution >= 0.6 is 11.8 Å². The summed E-state index contributed by atoms with van der Waals surface area (Å²) in [6.45, 7) is 0. The Kier molecular flexibility index (Phi) is 3.77. The molecule has 0 spiro atoms. The molecule has 2 aromatic carbocycles. The normalized spacial score (nSPS) is 16.1. The van der Waals surface area contributed by atoms with Crippen molar-refractivity contribution in [3.63, 3.8) is 0 Å². The van der Waals surface area contributed by atoms with Gasteiger partial charge in [-0.2, -0.15) is 0 Å². The van der Waals surface area contributed by atoms with E-state index >= 15 is 0 Å². The van der Waals surface area contributed by atoms with Crippen LogP contribution in [0.25, 0.3) is 10.8 Å². The molecule has 5 nitrogen and oxygen atoms in total. The molecule has 1 aromatic heterocycles. The molecule has 1 aliphatic heterocycles. The van der Waals surface area contributed by atoms with Gasteiger partial charge in [-0.3, -0.25) is 9.36 Å². The van der Waals surface area contributed by atoms with Crippen molar-refractivity contribution in [1.82, 2.24) is 4.57 Å². The molecule has 2 N–H and O–H groups in total. The molecule has 0 bridgehead atoms. The Morgan fingerprint density at radius 1 is 1.16 bits per heavy atom. The second-order valence-electron chi connectivity index (χ2n) is 6.01. The zero-order valence-corrected chi connectivity index (χ0v) is 14.0. The van der Waals surface area contributed by atoms with Crippen LogP contribution in [0.3, 0.4) is 0 Å². The summed E-state index contributed by atoms with van der Waals surface area (Å²) < 4.78 is 1.18. The minimum Gasteiger partial charge on any atom is -0.505 e. The highest BCUT2D eigenvalue weighted by molar-refractivity contribution is 7.99. The summed E-state index contributed by atoms with van der Waals surface area (Å²) >= 11 is 1.21. The van der Waals surface area contributed by atoms with Crippen molar-refractivity contribution >= 4 is 28.5 Å². The van der Waals surface area contributed by atoms with Crippen molar-refractivity contribution in [2.45, 2.75) is 17.5 Å². The predicted molar refractivity (Wildman–Crippen MR) is 96.5 cm³/mol. The van der Waals surface area contributed by atoms with Crippen LogP contribution in [0.4, 0.5) is 0 Å². The van der Waals surface area contributed by atoms with Gasteiger partial charge in [-0.05, 0) is 16.3 Å². The Morgan fingerprint density at radius 2 is 1.92 bits per heavy atom. The van der Waals surface area contributed by atoms with Crippen LogP contribution in [0.15, 0.2) is 58.4 Å². The largest absolute Gasteiger partial charge is 0.505 e. The van der Waals surface area contributed by atoms with E-state index in [9.17, 15) is 19.8 Å². The van der Waals surface area contributed by atoms with Crippen LogP contribution in [-0.4, -0.2) is 26.5 Å². The van der Waals surface area contributed by atoms with E-state index < -0.39 is 12.0 Å². The summed E-state index contributed by atoms with van der Waals surface area (Å²) in [4.78, 5) is 23.7. The zero-order valence-electron chi connectivity index (χ0n) is 13.2. The number of fused-ring (bicyclic) bond motifs is 2. The number of hydrogen-bond acceptors (Lipinski definition) is 4. The number of carboxylic acid groups (broad SMARTS) is 1. The van der Waals surface area contributed by atoms with Crippen molar-refractivity contribution in [3.8, 4) is 5.75 Å². The summed E-state index contributed by atoms with van der Waals surface area (Å²) in [5.74, 6) is -0.814. The topological polar surface area (TPSA) is 79.5 Å². The molecule has 0 amide bonds. The van der Waals surface area contributed by atoms with Gasteiger partial charge < -0.3 is 10.2 Å². The lowest BCUT2D eigenvalue weighted by molar-refractivity contribution is -0.140. The lowest BCUT2D eigenvalue weighted by atomic mass is 9.98. The monoisotopic (exact) mass is 353 g/mol. The van der Waals surface area contributed by atoms with Gasteiger partial charge in [0.1, 0.15) is 16.8 Å². The molecule has 1 aliphatic rings. The molecule has 0 aliphatic carbocycles. The molecule has 0 radical (unpaired) electrons. The Hall–Kier alpha value is -2.73. The molecule has 0 saturated carbocycles. The number of aromatic hydroxyl groups is 1. The smallest absolute Gasteiger partial charge is 0.327 e. The Morgan fingerprint density at radius 3 is 2.72 bits per heavy atom. The maximum atomic E-state index is 12.4. The number of benzene rings is 2. The highest BCUT2D eigenvalue weighted by Crippen LogP contribution is 2.40. The third kappa shape index (κ3) is 2.59. The van der Waals surface area contributed by atoms with Crippen LogP contribution < -0.4 is 5.56 Å². The zero-order chi connectivity index (χ0) is 17.6. The van der Waals surface area contributed by atoms with Gasteiger partial charge in [-0.15, -0.1) is 11.8 Å². The molecule has 1 atom stereocenters. The average molecular weight is 353 g/mol. The van der Waals surface area contributed by atoms with Crippen LogP contribution in [0, 0.1) is 0 Å². The SMILES string of the molecule is O=C(O)[C@@H]1CSc2c(O)c(Cc3cccc4ccccc34)cc(=O)n21. The molecule has 3 aromatic rings. The van der Waals surface area contributed by atoms with E-state index in [4.69, 9.17) is 0 Å². The first-order chi connectivity index (χ1) is 12.1. The number of aliphatic carboxylic acids is 1. The van der Waals surface area contributed by atoms with E-state index in [1.54, 1.807) is 0 Å². The Balaban J connectivity index is 1.81. The number of nitrogens with zero attached hydrogens (tertiary/aromatic N) is 1. The second kappa shape index (κ2) is 5.97. The van der Waals surface area contributed by atoms with Gasteiger partial charge in [0.15, 0.2) is 0 Å². The number of pyridine rings is 1. The summed E-state index contributed by atoms with van der Waals surface area (Å²) in [6.07, 6.45) is 0.411. The van der Waals surface area contributed by atoms with Gasteiger partial charge in [-0.1, -0.05) is 42.5 Å². The molecule has 2 heterocycles. The van der Waals surface area contributed by atoms with Gasteiger partial charge in [0.25, 0.3) is 5.56 Å². The second-order valence-corrected chi connectivity index (χ2v) is 7.02. The third-order valence-electron chi connectivity index (χ3n) is 4.50. The van der Waals surface area contributed by atoms with Crippen molar-refractivity contribution in [3.05, 3.63) is 70.0 Å².